The first-order chi connectivity index (χ1) is 18.6. The zero-order valence-corrected chi connectivity index (χ0v) is 22.2. The van der Waals surface area contributed by atoms with Crippen molar-refractivity contribution in [3.8, 4) is 6.01 Å². The number of ether oxygens (including phenoxy) is 1. The molecule has 4 aromatic rings. The number of imidazole rings is 1. The third-order valence-electron chi connectivity index (χ3n) is 7.78. The summed E-state index contributed by atoms with van der Waals surface area (Å²) in [7, 11) is 1.46. The van der Waals surface area contributed by atoms with Crippen LogP contribution >= 0.6 is 11.3 Å². The van der Waals surface area contributed by atoms with Gasteiger partial charge in [-0.1, -0.05) is 6.07 Å². The van der Waals surface area contributed by atoms with E-state index in [1.807, 2.05) is 18.2 Å². The summed E-state index contributed by atoms with van der Waals surface area (Å²) in [5.74, 6) is 0.638. The van der Waals surface area contributed by atoms with E-state index in [1.54, 1.807) is 6.07 Å². The molecule has 208 valence electrons. The number of H-pyrrole nitrogens is 1. The maximum atomic E-state index is 13.0. The number of aromatic nitrogens is 4. The lowest BCUT2D eigenvalue weighted by Gasteiger charge is -2.25. The van der Waals surface area contributed by atoms with Crippen LogP contribution in [0.15, 0.2) is 29.1 Å². The number of hydrogen-bond acceptors (Lipinski definition) is 8. The molecule has 3 aromatic heterocycles. The van der Waals surface area contributed by atoms with Crippen LogP contribution in [0.3, 0.4) is 0 Å². The molecule has 0 aliphatic carbocycles. The summed E-state index contributed by atoms with van der Waals surface area (Å²) in [6, 6.07) is 7.67. The van der Waals surface area contributed by atoms with E-state index in [-0.39, 0.29) is 35.1 Å². The van der Waals surface area contributed by atoms with Crippen LogP contribution in [0, 0.1) is 5.41 Å². The summed E-state index contributed by atoms with van der Waals surface area (Å²) in [6.45, 7) is 4.27. The van der Waals surface area contributed by atoms with E-state index in [9.17, 15) is 23.1 Å². The van der Waals surface area contributed by atoms with Crippen LogP contribution in [0.25, 0.3) is 21.3 Å². The van der Waals surface area contributed by atoms with Gasteiger partial charge in [-0.05, 0) is 43.1 Å². The van der Waals surface area contributed by atoms with Crippen LogP contribution in [-0.4, -0.2) is 75.6 Å². The van der Waals surface area contributed by atoms with Gasteiger partial charge in [-0.15, -0.1) is 11.3 Å². The van der Waals surface area contributed by atoms with Crippen molar-refractivity contribution in [1.82, 2.24) is 24.4 Å². The number of aliphatic hydroxyl groups is 1. The molecule has 9 nitrogen and oxygen atoms in total. The monoisotopic (exact) mass is 562 g/mol. The number of fused-ring (bicyclic) bond motifs is 2. The summed E-state index contributed by atoms with van der Waals surface area (Å²) < 4.78 is 45.9. The van der Waals surface area contributed by atoms with Crippen molar-refractivity contribution in [3.63, 3.8) is 0 Å². The molecule has 0 amide bonds. The molecule has 0 radical (unpaired) electrons. The number of thiophene rings is 1. The first-order valence-corrected chi connectivity index (χ1v) is 13.7. The fraction of sp³-hybridized carbons (Fsp3) is 0.500. The average molecular weight is 563 g/mol. The molecule has 5 heterocycles. The highest BCUT2D eigenvalue weighted by atomic mass is 32.1. The smallest absolute Gasteiger partial charge is 0.393 e. The number of rotatable bonds is 7. The van der Waals surface area contributed by atoms with E-state index in [0.717, 1.165) is 73.5 Å². The molecule has 39 heavy (non-hydrogen) atoms. The van der Waals surface area contributed by atoms with Crippen LogP contribution in [0.2, 0.25) is 0 Å². The number of aromatic amines is 1. The predicted molar refractivity (Wildman–Crippen MR) is 143 cm³/mol. The Bertz CT molecular complexity index is 1580. The minimum absolute atomic E-state index is 0.0677. The molecule has 13 heteroatoms. The average Bonchev–Trinajstić information content (AvgIpc) is 3.64. The highest BCUT2D eigenvalue weighted by Gasteiger charge is 2.44. The van der Waals surface area contributed by atoms with Crippen molar-refractivity contribution in [2.24, 2.45) is 5.41 Å². The Hall–Kier alpha value is -3.16. The molecule has 1 atom stereocenters. The maximum absolute atomic E-state index is 13.0. The van der Waals surface area contributed by atoms with Crippen LogP contribution < -0.4 is 15.3 Å². The molecule has 1 spiro atoms. The van der Waals surface area contributed by atoms with Crippen molar-refractivity contribution in [2.75, 3.05) is 44.8 Å². The number of aliphatic hydroxyl groups excluding tert-OH is 1. The first kappa shape index (κ1) is 26.1. The lowest BCUT2D eigenvalue weighted by Crippen LogP contribution is -2.31. The summed E-state index contributed by atoms with van der Waals surface area (Å²) >= 11 is 1.04. The number of benzene rings is 1. The van der Waals surface area contributed by atoms with Gasteiger partial charge in [-0.3, -0.25) is 9.47 Å². The molecule has 0 bridgehead atoms. The predicted octanol–water partition coefficient (Wildman–Crippen LogP) is 3.54. The van der Waals surface area contributed by atoms with Crippen LogP contribution in [0.1, 0.15) is 23.3 Å². The SMILES string of the molecule is COc1nc(N2CCC3(CCN(Cc4ccc5c(c4)[nH]c(=O)n5CCO)C3)C2)c2cc(CC(F)(F)F)sc2n1. The van der Waals surface area contributed by atoms with Crippen molar-refractivity contribution >= 4 is 38.4 Å². The number of nitrogens with one attached hydrogen (secondary N) is 1. The van der Waals surface area contributed by atoms with E-state index in [1.165, 1.54) is 11.7 Å². The first-order valence-electron chi connectivity index (χ1n) is 12.9. The number of methoxy groups -OCH3 is 1. The minimum Gasteiger partial charge on any atom is -0.467 e. The number of likely N-dealkylation sites (tertiary alicyclic amines) is 1. The van der Waals surface area contributed by atoms with Gasteiger partial charge in [-0.25, -0.2) is 4.79 Å². The molecule has 2 aliphatic heterocycles. The fourth-order valence-corrected chi connectivity index (χ4v) is 7.10. The Morgan fingerprint density at radius 2 is 2.00 bits per heavy atom. The van der Waals surface area contributed by atoms with Gasteiger partial charge >= 0.3 is 17.9 Å². The summed E-state index contributed by atoms with van der Waals surface area (Å²) in [4.78, 5) is 29.2. The third-order valence-corrected chi connectivity index (χ3v) is 8.81. The zero-order chi connectivity index (χ0) is 27.4. The Morgan fingerprint density at radius 1 is 1.18 bits per heavy atom. The van der Waals surface area contributed by atoms with E-state index >= 15 is 0 Å². The van der Waals surface area contributed by atoms with Crippen molar-refractivity contribution < 1.29 is 23.0 Å². The van der Waals surface area contributed by atoms with Gasteiger partial charge in [0.1, 0.15) is 10.6 Å². The van der Waals surface area contributed by atoms with E-state index in [4.69, 9.17) is 4.74 Å². The topological polar surface area (TPSA) is 99.5 Å². The second kappa shape index (κ2) is 9.79. The van der Waals surface area contributed by atoms with Gasteiger partial charge in [-0.2, -0.15) is 23.1 Å². The standard InChI is InChI=1S/C26H29F3N6O3S/c1-38-23-31-21(18-11-17(12-26(27,28)29)39-22(18)32-23)34-7-5-25(15-34)4-6-33(14-25)13-16-2-3-20-19(10-16)30-24(37)35(20)8-9-36/h2-3,10-11,36H,4-9,12-15H2,1H3,(H,30,37). The molecular formula is C26H29F3N6O3S. The van der Waals surface area contributed by atoms with Gasteiger partial charge < -0.3 is 19.7 Å². The van der Waals surface area contributed by atoms with Crippen LogP contribution in [0.4, 0.5) is 19.0 Å². The normalized spacial score (nSPS) is 20.3. The minimum atomic E-state index is -4.28. The van der Waals surface area contributed by atoms with Crippen LogP contribution in [0.5, 0.6) is 6.01 Å². The number of halogens is 3. The quantitative estimate of drug-likeness (QED) is 0.356. The van der Waals surface area contributed by atoms with Gasteiger partial charge in [0.15, 0.2) is 0 Å². The molecule has 6 rings (SSSR count). The molecule has 0 saturated carbocycles. The van der Waals surface area contributed by atoms with Gasteiger partial charge in [0.05, 0.1) is 43.1 Å². The molecule has 2 N–H and O–H groups in total. The molecule has 2 aliphatic rings. The molecular weight excluding hydrogens is 533 g/mol. The second-order valence-corrected chi connectivity index (χ2v) is 11.7. The van der Waals surface area contributed by atoms with E-state index in [0.29, 0.717) is 16.0 Å². The summed E-state index contributed by atoms with van der Waals surface area (Å²) in [6.07, 6.45) is -3.29. The molecule has 2 fully saturated rings. The van der Waals surface area contributed by atoms with Crippen molar-refractivity contribution in [1.29, 1.82) is 0 Å². The lowest BCUT2D eigenvalue weighted by molar-refractivity contribution is -0.126. The van der Waals surface area contributed by atoms with Gasteiger partial charge in [0.2, 0.25) is 0 Å². The number of hydrogen-bond donors (Lipinski definition) is 2. The van der Waals surface area contributed by atoms with E-state index < -0.39 is 12.6 Å². The third kappa shape index (κ3) is 5.10. The molecule has 1 unspecified atom stereocenters. The summed E-state index contributed by atoms with van der Waals surface area (Å²) in [5.41, 5.74) is 2.48. The number of anilines is 1. The largest absolute Gasteiger partial charge is 0.467 e. The van der Waals surface area contributed by atoms with Crippen molar-refractivity contribution in [2.45, 2.75) is 38.5 Å². The number of nitrogens with zero attached hydrogens (tertiary/aromatic N) is 5. The summed E-state index contributed by atoms with van der Waals surface area (Å²) in [5, 5.41) is 9.88. The Labute approximate surface area is 225 Å². The zero-order valence-electron chi connectivity index (χ0n) is 21.4. The lowest BCUT2D eigenvalue weighted by atomic mass is 9.86. The van der Waals surface area contributed by atoms with Crippen molar-refractivity contribution in [3.05, 3.63) is 45.2 Å². The number of alkyl halides is 3. The molecule has 1 aromatic carbocycles. The Morgan fingerprint density at radius 3 is 2.77 bits per heavy atom. The second-order valence-electron chi connectivity index (χ2n) is 10.5. The maximum Gasteiger partial charge on any atom is 0.393 e. The molecule has 2 saturated heterocycles. The highest BCUT2D eigenvalue weighted by molar-refractivity contribution is 7.18. The fourth-order valence-electron chi connectivity index (χ4n) is 6.06. The van der Waals surface area contributed by atoms with E-state index in [2.05, 4.69) is 24.8 Å². The van der Waals surface area contributed by atoms with Crippen LogP contribution in [-0.2, 0) is 19.5 Å². The van der Waals surface area contributed by atoms with Gasteiger partial charge in [0, 0.05) is 36.5 Å². The Balaban J connectivity index is 1.19. The highest BCUT2D eigenvalue weighted by Crippen LogP contribution is 2.44. The Kier molecular flexibility index (Phi) is 6.55. The van der Waals surface area contributed by atoms with Gasteiger partial charge in [0.25, 0.3) is 0 Å².